The molecule has 0 spiro atoms. The lowest BCUT2D eigenvalue weighted by molar-refractivity contribution is -0.142. The fraction of sp³-hybridized carbons (Fsp3) is 0.400. The van der Waals surface area contributed by atoms with Crippen LogP contribution >= 0.6 is 0 Å². The van der Waals surface area contributed by atoms with Gasteiger partial charge in [-0.3, -0.25) is 4.79 Å². The number of ether oxygens (including phenoxy) is 1. The van der Waals surface area contributed by atoms with Gasteiger partial charge in [0.25, 0.3) is 0 Å². The van der Waals surface area contributed by atoms with E-state index in [2.05, 4.69) is 5.32 Å². The number of nitrogens with one attached hydrogen (secondary N) is 1. The van der Waals surface area contributed by atoms with E-state index in [0.29, 0.717) is 19.6 Å². The average molecular weight is 341 g/mol. The molecule has 0 bridgehead atoms. The second-order valence-corrected chi connectivity index (χ2v) is 6.56. The van der Waals surface area contributed by atoms with Crippen LogP contribution in [0.3, 0.4) is 0 Å². The van der Waals surface area contributed by atoms with E-state index in [1.165, 1.54) is 0 Å². The van der Waals surface area contributed by atoms with Crippen molar-refractivity contribution in [1.29, 1.82) is 0 Å². The number of hydrogen-bond donors (Lipinski definition) is 2. The highest BCUT2D eigenvalue weighted by Crippen LogP contribution is 2.21. The maximum Gasteiger partial charge on any atom is 0.326 e. The Kier molecular flexibility index (Phi) is 5.66. The van der Waals surface area contributed by atoms with Crippen LogP contribution in [0.5, 0.6) is 0 Å². The Balaban J connectivity index is 1.68. The molecule has 0 aromatic heterocycles. The number of fused-ring (bicyclic) bond motifs is 1. The summed E-state index contributed by atoms with van der Waals surface area (Å²) in [5.41, 5.74) is 0.928. The molecule has 1 aliphatic rings. The Hall–Kier alpha value is -2.40. The molecule has 5 nitrogen and oxygen atoms in total. The predicted molar refractivity (Wildman–Crippen MR) is 95.4 cm³/mol. The van der Waals surface area contributed by atoms with E-state index in [0.717, 1.165) is 29.2 Å². The van der Waals surface area contributed by atoms with Crippen molar-refractivity contribution in [2.75, 3.05) is 13.2 Å². The van der Waals surface area contributed by atoms with Crippen LogP contribution in [0.15, 0.2) is 42.5 Å². The van der Waals surface area contributed by atoms with E-state index in [4.69, 9.17) is 4.74 Å². The summed E-state index contributed by atoms with van der Waals surface area (Å²) in [7, 11) is 0. The summed E-state index contributed by atoms with van der Waals surface area (Å²) < 4.78 is 5.29. The van der Waals surface area contributed by atoms with Gasteiger partial charge in [0, 0.05) is 26.1 Å². The van der Waals surface area contributed by atoms with Crippen LogP contribution in [0.25, 0.3) is 10.8 Å². The lowest BCUT2D eigenvalue weighted by Gasteiger charge is -2.22. The van der Waals surface area contributed by atoms with Gasteiger partial charge in [0.05, 0.1) is 0 Å². The first-order chi connectivity index (χ1) is 12.1. The highest BCUT2D eigenvalue weighted by molar-refractivity contribution is 5.88. The first kappa shape index (κ1) is 17.4. The maximum atomic E-state index is 12.3. The monoisotopic (exact) mass is 341 g/mol. The lowest BCUT2D eigenvalue weighted by atomic mass is 9.95. The molecule has 132 valence electrons. The molecule has 1 fully saturated rings. The van der Waals surface area contributed by atoms with Crippen LogP contribution in [-0.2, 0) is 20.7 Å². The number of carboxylic acid groups (broad SMARTS) is 1. The van der Waals surface area contributed by atoms with Gasteiger partial charge in [-0.1, -0.05) is 42.5 Å². The Morgan fingerprint density at radius 2 is 1.84 bits per heavy atom. The van der Waals surface area contributed by atoms with E-state index in [1.807, 2.05) is 42.5 Å². The highest BCUT2D eigenvalue weighted by atomic mass is 16.5. The molecule has 25 heavy (non-hydrogen) atoms. The maximum absolute atomic E-state index is 12.3. The van der Waals surface area contributed by atoms with Crippen molar-refractivity contribution in [3.63, 3.8) is 0 Å². The first-order valence-corrected chi connectivity index (χ1v) is 8.70. The van der Waals surface area contributed by atoms with Crippen LogP contribution in [0.2, 0.25) is 0 Å². The molecule has 2 aromatic carbocycles. The van der Waals surface area contributed by atoms with Crippen LogP contribution in [0.1, 0.15) is 24.8 Å². The minimum absolute atomic E-state index is 0.195. The molecule has 5 heteroatoms. The number of amides is 1. The van der Waals surface area contributed by atoms with Crippen molar-refractivity contribution in [2.45, 2.75) is 31.7 Å². The first-order valence-electron chi connectivity index (χ1n) is 8.70. The molecular weight excluding hydrogens is 318 g/mol. The molecular formula is C20H23NO4. The minimum Gasteiger partial charge on any atom is -0.480 e. The normalized spacial score (nSPS) is 16.5. The molecule has 1 saturated heterocycles. The molecule has 0 unspecified atom stereocenters. The second kappa shape index (κ2) is 8.12. The Labute approximate surface area is 147 Å². The van der Waals surface area contributed by atoms with Crippen LogP contribution in [0.4, 0.5) is 0 Å². The molecule has 3 rings (SSSR count). The molecule has 2 aromatic rings. The number of hydrogen-bond acceptors (Lipinski definition) is 3. The largest absolute Gasteiger partial charge is 0.480 e. The lowest BCUT2D eigenvalue weighted by Crippen LogP contribution is -2.43. The Morgan fingerprint density at radius 3 is 2.60 bits per heavy atom. The topological polar surface area (TPSA) is 75.6 Å². The molecule has 1 atom stereocenters. The van der Waals surface area contributed by atoms with Gasteiger partial charge in [-0.05, 0) is 35.1 Å². The van der Waals surface area contributed by atoms with Crippen molar-refractivity contribution in [3.8, 4) is 0 Å². The molecule has 1 aliphatic heterocycles. The van der Waals surface area contributed by atoms with Gasteiger partial charge in [0.15, 0.2) is 0 Å². The van der Waals surface area contributed by atoms with Crippen LogP contribution in [0, 0.1) is 5.92 Å². The van der Waals surface area contributed by atoms with Gasteiger partial charge in [-0.2, -0.15) is 0 Å². The van der Waals surface area contributed by atoms with E-state index in [-0.39, 0.29) is 18.2 Å². The molecule has 2 N–H and O–H groups in total. The third-order valence-corrected chi connectivity index (χ3v) is 4.75. The SMILES string of the molecule is O=C(CC1CCOCC1)N[C@H](Cc1cccc2ccccc12)C(=O)O. The average Bonchev–Trinajstić information content (AvgIpc) is 2.62. The summed E-state index contributed by atoms with van der Waals surface area (Å²) in [6, 6.07) is 12.8. The van der Waals surface area contributed by atoms with Crippen molar-refractivity contribution >= 4 is 22.6 Å². The number of carbonyl (C=O) groups is 2. The van der Waals surface area contributed by atoms with E-state index < -0.39 is 12.0 Å². The van der Waals surface area contributed by atoms with E-state index in [9.17, 15) is 14.7 Å². The second-order valence-electron chi connectivity index (χ2n) is 6.56. The van der Waals surface area contributed by atoms with Gasteiger partial charge in [0.2, 0.25) is 5.91 Å². The molecule has 1 amide bonds. The van der Waals surface area contributed by atoms with Gasteiger partial charge in [0.1, 0.15) is 6.04 Å². The Bertz CT molecular complexity index is 747. The van der Waals surface area contributed by atoms with Crippen molar-refractivity contribution in [2.24, 2.45) is 5.92 Å². The molecule has 0 aliphatic carbocycles. The standard InChI is InChI=1S/C20H23NO4/c22-19(12-14-8-10-25-11-9-14)21-18(20(23)24)13-16-6-3-5-15-4-1-2-7-17(15)16/h1-7,14,18H,8-13H2,(H,21,22)(H,23,24)/t18-/m1/s1. The summed E-state index contributed by atoms with van der Waals surface area (Å²) in [6.45, 7) is 1.35. The number of carbonyl (C=O) groups excluding carboxylic acids is 1. The fourth-order valence-electron chi connectivity index (χ4n) is 3.36. The summed E-state index contributed by atoms with van der Waals surface area (Å²) in [6.07, 6.45) is 2.35. The van der Waals surface area contributed by atoms with Gasteiger partial charge in [-0.15, -0.1) is 0 Å². The van der Waals surface area contributed by atoms with Crippen LogP contribution < -0.4 is 5.32 Å². The van der Waals surface area contributed by atoms with E-state index in [1.54, 1.807) is 0 Å². The van der Waals surface area contributed by atoms with Gasteiger partial charge in [-0.25, -0.2) is 4.79 Å². The molecule has 0 saturated carbocycles. The molecule has 1 heterocycles. The zero-order valence-electron chi connectivity index (χ0n) is 14.1. The van der Waals surface area contributed by atoms with Crippen molar-refractivity contribution in [1.82, 2.24) is 5.32 Å². The van der Waals surface area contributed by atoms with Gasteiger partial charge < -0.3 is 15.2 Å². The number of aliphatic carboxylic acids is 1. The fourth-order valence-corrected chi connectivity index (χ4v) is 3.36. The minimum atomic E-state index is -1.01. The summed E-state index contributed by atoms with van der Waals surface area (Å²) in [4.78, 5) is 23.9. The van der Waals surface area contributed by atoms with Gasteiger partial charge >= 0.3 is 5.97 Å². The smallest absolute Gasteiger partial charge is 0.326 e. The third-order valence-electron chi connectivity index (χ3n) is 4.75. The predicted octanol–water partition coefficient (Wildman–Crippen LogP) is 2.77. The zero-order chi connectivity index (χ0) is 17.6. The number of benzene rings is 2. The highest BCUT2D eigenvalue weighted by Gasteiger charge is 2.24. The van der Waals surface area contributed by atoms with Crippen LogP contribution in [-0.4, -0.2) is 36.2 Å². The summed E-state index contributed by atoms with van der Waals surface area (Å²) >= 11 is 0. The summed E-state index contributed by atoms with van der Waals surface area (Å²) in [5, 5.41) is 14.3. The van der Waals surface area contributed by atoms with Crippen molar-refractivity contribution < 1.29 is 19.4 Å². The third kappa shape index (κ3) is 4.57. The Morgan fingerprint density at radius 1 is 1.12 bits per heavy atom. The molecule has 0 radical (unpaired) electrons. The van der Waals surface area contributed by atoms with Crippen molar-refractivity contribution in [3.05, 3.63) is 48.0 Å². The quantitative estimate of drug-likeness (QED) is 0.847. The summed E-state index contributed by atoms with van der Waals surface area (Å²) in [5.74, 6) is -0.923. The number of rotatable bonds is 6. The number of carboxylic acids is 1. The van der Waals surface area contributed by atoms with E-state index >= 15 is 0 Å². The zero-order valence-corrected chi connectivity index (χ0v) is 14.1.